The van der Waals surface area contributed by atoms with E-state index in [0.29, 0.717) is 11.3 Å². The minimum absolute atomic E-state index is 0.121. The van der Waals surface area contributed by atoms with E-state index in [1.54, 1.807) is 24.3 Å². The lowest BCUT2D eigenvalue weighted by Gasteiger charge is -2.08. The number of aryl methyl sites for hydroxylation is 1. The second-order valence-electron chi connectivity index (χ2n) is 4.87. The lowest BCUT2D eigenvalue weighted by atomic mass is 10.1. The maximum atomic E-state index is 12.4. The highest BCUT2D eigenvalue weighted by Gasteiger charge is 2.13. The minimum Gasteiger partial charge on any atom is -0.435 e. The summed E-state index contributed by atoms with van der Waals surface area (Å²) in [6, 6.07) is 16.3. The van der Waals surface area contributed by atoms with E-state index in [2.05, 4.69) is 10.5 Å². The molecule has 0 bridgehead atoms. The Hall–Kier alpha value is -3.08. The number of nitrogens with one attached hydrogen (secondary N) is 1. The molecule has 5 nitrogen and oxygen atoms in total. The number of carbonyl (C=O) groups is 1. The molecular weight excluding hydrogens is 280 g/mol. The van der Waals surface area contributed by atoms with E-state index in [-0.39, 0.29) is 11.1 Å². The zero-order chi connectivity index (χ0) is 15.5. The lowest BCUT2D eigenvalue weighted by Crippen LogP contribution is -2.22. The summed E-state index contributed by atoms with van der Waals surface area (Å²) in [6.07, 6.45) is 0. The zero-order valence-electron chi connectivity index (χ0n) is 11.9. The lowest BCUT2D eigenvalue weighted by molar-refractivity contribution is 0.102. The first-order chi connectivity index (χ1) is 10.7. The second-order valence-corrected chi connectivity index (χ2v) is 4.87. The molecule has 0 atom stereocenters. The van der Waals surface area contributed by atoms with Gasteiger partial charge >= 0.3 is 0 Å². The molecule has 3 rings (SSSR count). The largest absolute Gasteiger partial charge is 0.435 e. The van der Waals surface area contributed by atoms with E-state index in [1.165, 1.54) is 0 Å². The summed E-state index contributed by atoms with van der Waals surface area (Å²) in [5.41, 5.74) is 2.23. The highest BCUT2D eigenvalue weighted by atomic mass is 16.5. The molecule has 3 aromatic rings. The van der Waals surface area contributed by atoms with Crippen LogP contribution in [0.1, 0.15) is 15.9 Å². The van der Waals surface area contributed by atoms with Crippen LogP contribution in [0.2, 0.25) is 0 Å². The molecule has 2 N–H and O–H groups in total. The summed E-state index contributed by atoms with van der Waals surface area (Å²) >= 11 is 0. The fourth-order valence-corrected chi connectivity index (χ4v) is 2.21. The Balaban J connectivity index is 2.05. The molecule has 0 fully saturated rings. The van der Waals surface area contributed by atoms with Gasteiger partial charge < -0.3 is 14.9 Å². The fraction of sp³-hybridized carbons (Fsp3) is 0.0588. The van der Waals surface area contributed by atoms with E-state index < -0.39 is 5.91 Å². The van der Waals surface area contributed by atoms with Crippen LogP contribution in [0.15, 0.2) is 64.2 Å². The Kier molecular flexibility index (Phi) is 3.62. The van der Waals surface area contributed by atoms with Crippen LogP contribution < -0.4 is 10.9 Å². The molecule has 1 aromatic heterocycles. The standard InChI is InChI=1S/C17H14N2O3/c1-11-6-2-4-8-14(11)18-16(20)13-10-12-7-3-5-9-15(12)22-17(13)19-21/h2-10,21H,1H3,(H,18,20)/b19-17-. The first-order valence-corrected chi connectivity index (χ1v) is 6.77. The Morgan fingerprint density at radius 2 is 1.86 bits per heavy atom. The van der Waals surface area contributed by atoms with Crippen LogP contribution in [0.4, 0.5) is 5.69 Å². The van der Waals surface area contributed by atoms with Crippen molar-refractivity contribution in [2.75, 3.05) is 5.32 Å². The molecule has 2 aromatic carbocycles. The van der Waals surface area contributed by atoms with E-state index in [0.717, 1.165) is 10.9 Å². The number of carbonyl (C=O) groups excluding carboxylic acids is 1. The summed E-state index contributed by atoms with van der Waals surface area (Å²) in [7, 11) is 0. The number of fused-ring (bicyclic) bond motifs is 1. The van der Waals surface area contributed by atoms with E-state index in [1.807, 2.05) is 37.3 Å². The molecule has 0 aliphatic heterocycles. The first kappa shape index (κ1) is 13.9. The molecule has 0 unspecified atom stereocenters. The number of amides is 1. The monoisotopic (exact) mass is 294 g/mol. The van der Waals surface area contributed by atoms with Gasteiger partial charge in [-0.1, -0.05) is 36.4 Å². The highest BCUT2D eigenvalue weighted by molar-refractivity contribution is 6.05. The number of nitrogens with zero attached hydrogens (tertiary/aromatic N) is 1. The van der Waals surface area contributed by atoms with Crippen LogP contribution in [0.5, 0.6) is 0 Å². The predicted molar refractivity (Wildman–Crippen MR) is 82.7 cm³/mol. The number of hydrogen-bond donors (Lipinski definition) is 2. The van der Waals surface area contributed by atoms with Crippen LogP contribution in [-0.4, -0.2) is 11.1 Å². The van der Waals surface area contributed by atoms with E-state index >= 15 is 0 Å². The van der Waals surface area contributed by atoms with Crippen LogP contribution in [0.25, 0.3) is 11.0 Å². The Morgan fingerprint density at radius 1 is 1.14 bits per heavy atom. The number of benzene rings is 2. The van der Waals surface area contributed by atoms with Crippen molar-refractivity contribution in [1.82, 2.24) is 0 Å². The summed E-state index contributed by atoms with van der Waals surface area (Å²) in [6.45, 7) is 1.90. The van der Waals surface area contributed by atoms with Gasteiger partial charge in [-0.05, 0) is 35.8 Å². The van der Waals surface area contributed by atoms with Crippen molar-refractivity contribution in [1.29, 1.82) is 0 Å². The molecule has 22 heavy (non-hydrogen) atoms. The number of rotatable bonds is 2. The molecule has 0 saturated carbocycles. The third-order valence-electron chi connectivity index (χ3n) is 3.38. The van der Waals surface area contributed by atoms with Crippen LogP contribution in [0.3, 0.4) is 0 Å². The van der Waals surface area contributed by atoms with Gasteiger partial charge in [0.05, 0.1) is 0 Å². The molecule has 0 aliphatic rings. The second kappa shape index (κ2) is 5.73. The van der Waals surface area contributed by atoms with Crippen LogP contribution in [0, 0.1) is 6.92 Å². The van der Waals surface area contributed by atoms with Crippen molar-refractivity contribution in [3.8, 4) is 0 Å². The van der Waals surface area contributed by atoms with Crippen molar-refractivity contribution in [3.63, 3.8) is 0 Å². The Bertz CT molecular complexity index is 913. The maximum absolute atomic E-state index is 12.4. The fourth-order valence-electron chi connectivity index (χ4n) is 2.21. The van der Waals surface area contributed by atoms with Gasteiger partial charge in [0, 0.05) is 11.1 Å². The Morgan fingerprint density at radius 3 is 2.64 bits per heavy atom. The average Bonchev–Trinajstić information content (AvgIpc) is 2.55. The van der Waals surface area contributed by atoms with Gasteiger partial charge in [0.15, 0.2) is 0 Å². The third-order valence-corrected chi connectivity index (χ3v) is 3.38. The zero-order valence-corrected chi connectivity index (χ0v) is 11.9. The Labute approximate surface area is 126 Å². The summed E-state index contributed by atoms with van der Waals surface area (Å²) in [5.74, 6) is -0.392. The minimum atomic E-state index is -0.392. The molecule has 1 heterocycles. The number of anilines is 1. The van der Waals surface area contributed by atoms with Gasteiger partial charge in [-0.15, -0.1) is 0 Å². The molecule has 0 aliphatic carbocycles. The van der Waals surface area contributed by atoms with Crippen LogP contribution in [-0.2, 0) is 0 Å². The molecular formula is C17H14N2O3. The molecule has 1 amide bonds. The van der Waals surface area contributed by atoms with Crippen molar-refractivity contribution in [3.05, 3.63) is 71.3 Å². The first-order valence-electron chi connectivity index (χ1n) is 6.77. The molecule has 110 valence electrons. The normalized spacial score (nSPS) is 11.6. The van der Waals surface area contributed by atoms with Gasteiger partial charge in [-0.2, -0.15) is 0 Å². The van der Waals surface area contributed by atoms with Crippen molar-refractivity contribution < 1.29 is 14.4 Å². The maximum Gasteiger partial charge on any atom is 0.268 e. The number of para-hydroxylation sites is 2. The molecule has 5 heteroatoms. The quantitative estimate of drug-likeness (QED) is 0.562. The number of hydrogen-bond acceptors (Lipinski definition) is 4. The molecule has 0 spiro atoms. The molecule has 0 saturated heterocycles. The molecule has 0 radical (unpaired) electrons. The van der Waals surface area contributed by atoms with E-state index in [9.17, 15) is 4.79 Å². The average molecular weight is 294 g/mol. The van der Waals surface area contributed by atoms with Gasteiger partial charge in [-0.25, -0.2) is 0 Å². The van der Waals surface area contributed by atoms with Gasteiger partial charge in [0.2, 0.25) is 0 Å². The van der Waals surface area contributed by atoms with Gasteiger partial charge in [-0.3, -0.25) is 4.79 Å². The third kappa shape index (κ3) is 2.56. The van der Waals surface area contributed by atoms with Gasteiger partial charge in [0.25, 0.3) is 11.5 Å². The van der Waals surface area contributed by atoms with Gasteiger partial charge in [0.1, 0.15) is 11.1 Å². The van der Waals surface area contributed by atoms with E-state index in [4.69, 9.17) is 9.62 Å². The van der Waals surface area contributed by atoms with Crippen LogP contribution >= 0.6 is 0 Å². The topological polar surface area (TPSA) is 74.8 Å². The highest BCUT2D eigenvalue weighted by Crippen LogP contribution is 2.16. The summed E-state index contributed by atoms with van der Waals surface area (Å²) in [4.78, 5) is 12.4. The van der Waals surface area contributed by atoms with Crippen molar-refractivity contribution in [2.24, 2.45) is 5.16 Å². The predicted octanol–water partition coefficient (Wildman–Crippen LogP) is 3.28. The summed E-state index contributed by atoms with van der Waals surface area (Å²) < 4.78 is 5.45. The smallest absolute Gasteiger partial charge is 0.268 e. The summed E-state index contributed by atoms with van der Waals surface area (Å²) in [5, 5.41) is 15.7. The SMILES string of the molecule is Cc1ccccc1NC(=O)c1cc2ccccc2o/c1=N\O. The van der Waals surface area contributed by atoms with Crippen molar-refractivity contribution in [2.45, 2.75) is 6.92 Å². The van der Waals surface area contributed by atoms with Crippen molar-refractivity contribution >= 4 is 22.6 Å².